The van der Waals surface area contributed by atoms with Gasteiger partial charge in [-0.15, -0.1) is 0 Å². The maximum absolute atomic E-state index is 13.9. The van der Waals surface area contributed by atoms with Gasteiger partial charge >= 0.3 is 5.97 Å². The standard InChI is InChI=1S/C34H34N2O6S/c1-6-40-33(38)30-22(4)35-34-36(31(30)25-11-17-28(18-12-25)42-21(2)3)32(37)29(43-34)19-23-7-15-27(16-8-23)41-20-24-9-13-26(39-5)14-10-24/h7-19,21,31H,6,20H2,1-5H3/b29-19-/t31-/m0/s1. The summed E-state index contributed by atoms with van der Waals surface area (Å²) in [7, 11) is 1.64. The third-order valence-electron chi connectivity index (χ3n) is 6.83. The zero-order chi connectivity index (χ0) is 30.5. The van der Waals surface area contributed by atoms with E-state index in [2.05, 4.69) is 4.99 Å². The summed E-state index contributed by atoms with van der Waals surface area (Å²) in [4.78, 5) is 32.2. The van der Waals surface area contributed by atoms with Crippen molar-refractivity contribution in [3.8, 4) is 17.2 Å². The van der Waals surface area contributed by atoms with Crippen LogP contribution in [0.15, 0.2) is 93.9 Å². The number of aromatic nitrogens is 1. The van der Waals surface area contributed by atoms with Gasteiger partial charge in [0.15, 0.2) is 4.80 Å². The largest absolute Gasteiger partial charge is 0.497 e. The van der Waals surface area contributed by atoms with Gasteiger partial charge in [-0.05, 0) is 86.9 Å². The molecule has 4 aromatic rings. The molecular formula is C34H34N2O6S. The second-order valence-electron chi connectivity index (χ2n) is 10.2. The lowest BCUT2D eigenvalue weighted by molar-refractivity contribution is -0.139. The number of nitrogens with zero attached hydrogens (tertiary/aromatic N) is 2. The highest BCUT2D eigenvalue weighted by atomic mass is 32.1. The summed E-state index contributed by atoms with van der Waals surface area (Å²) in [5.41, 5.74) is 3.27. The Morgan fingerprint density at radius 2 is 1.63 bits per heavy atom. The van der Waals surface area contributed by atoms with Crippen LogP contribution in [0.3, 0.4) is 0 Å². The SMILES string of the molecule is CCOC(=O)C1=C(C)N=c2s/c(=C\c3ccc(OCc4ccc(OC)cc4)cc3)c(=O)n2[C@H]1c1ccc(OC(C)C)cc1. The summed E-state index contributed by atoms with van der Waals surface area (Å²) in [5.74, 6) is 1.73. The van der Waals surface area contributed by atoms with Gasteiger partial charge in [0, 0.05) is 0 Å². The van der Waals surface area contributed by atoms with Crippen molar-refractivity contribution in [3.63, 3.8) is 0 Å². The molecule has 0 aliphatic carbocycles. The molecule has 0 saturated carbocycles. The smallest absolute Gasteiger partial charge is 0.338 e. The van der Waals surface area contributed by atoms with Gasteiger partial charge < -0.3 is 18.9 Å². The van der Waals surface area contributed by atoms with Crippen LogP contribution >= 0.6 is 11.3 Å². The van der Waals surface area contributed by atoms with Crippen molar-refractivity contribution in [1.29, 1.82) is 0 Å². The molecule has 2 heterocycles. The quantitative estimate of drug-likeness (QED) is 0.234. The van der Waals surface area contributed by atoms with Crippen molar-refractivity contribution in [3.05, 3.63) is 120 Å². The molecule has 3 aromatic carbocycles. The first kappa shape index (κ1) is 29.8. The molecule has 8 nitrogen and oxygen atoms in total. The van der Waals surface area contributed by atoms with Gasteiger partial charge in [-0.1, -0.05) is 47.7 Å². The Kier molecular flexibility index (Phi) is 9.11. The van der Waals surface area contributed by atoms with Crippen LogP contribution in [0.25, 0.3) is 6.08 Å². The van der Waals surface area contributed by atoms with Crippen LogP contribution < -0.4 is 29.1 Å². The molecule has 0 radical (unpaired) electrons. The van der Waals surface area contributed by atoms with Crippen molar-refractivity contribution in [2.45, 2.75) is 46.4 Å². The molecule has 0 spiro atoms. The van der Waals surface area contributed by atoms with E-state index in [0.29, 0.717) is 38.7 Å². The molecule has 1 atom stereocenters. The molecule has 0 saturated heterocycles. The van der Waals surface area contributed by atoms with Gasteiger partial charge in [0.1, 0.15) is 23.9 Å². The number of fused-ring (bicyclic) bond motifs is 1. The number of ether oxygens (including phenoxy) is 4. The molecule has 0 unspecified atom stereocenters. The normalized spacial score (nSPS) is 14.7. The second-order valence-corrected chi connectivity index (χ2v) is 11.3. The van der Waals surface area contributed by atoms with E-state index in [-0.39, 0.29) is 18.3 Å². The average molecular weight is 599 g/mol. The Morgan fingerprint density at radius 1 is 0.977 bits per heavy atom. The van der Waals surface area contributed by atoms with Crippen molar-refractivity contribution >= 4 is 23.4 Å². The lowest BCUT2D eigenvalue weighted by Gasteiger charge is -2.25. The number of benzene rings is 3. The Balaban J connectivity index is 1.46. The summed E-state index contributed by atoms with van der Waals surface area (Å²) in [5, 5.41) is 0. The Bertz CT molecular complexity index is 1800. The number of thiazole rings is 1. The lowest BCUT2D eigenvalue weighted by atomic mass is 9.96. The molecule has 222 valence electrons. The van der Waals surface area contributed by atoms with Crippen LogP contribution in [0, 0.1) is 0 Å². The first-order chi connectivity index (χ1) is 20.8. The minimum Gasteiger partial charge on any atom is -0.497 e. The fraction of sp³-hybridized carbons (Fsp3) is 0.265. The van der Waals surface area contributed by atoms with Crippen LogP contribution in [0.5, 0.6) is 17.2 Å². The van der Waals surface area contributed by atoms with Crippen LogP contribution in [-0.4, -0.2) is 30.4 Å². The lowest BCUT2D eigenvalue weighted by Crippen LogP contribution is -2.39. The zero-order valence-corrected chi connectivity index (χ0v) is 25.6. The van der Waals surface area contributed by atoms with Crippen molar-refractivity contribution in [2.24, 2.45) is 4.99 Å². The minimum atomic E-state index is -0.681. The van der Waals surface area contributed by atoms with Gasteiger partial charge in [0.2, 0.25) is 0 Å². The molecule has 1 aromatic heterocycles. The van der Waals surface area contributed by atoms with E-state index in [1.54, 1.807) is 25.5 Å². The summed E-state index contributed by atoms with van der Waals surface area (Å²) in [6.07, 6.45) is 1.85. The fourth-order valence-corrected chi connectivity index (χ4v) is 5.85. The summed E-state index contributed by atoms with van der Waals surface area (Å²) >= 11 is 1.29. The summed E-state index contributed by atoms with van der Waals surface area (Å²) in [6, 6.07) is 22.0. The number of rotatable bonds is 10. The van der Waals surface area contributed by atoms with E-state index in [0.717, 1.165) is 22.4 Å². The molecule has 0 amide bonds. The third-order valence-corrected chi connectivity index (χ3v) is 7.81. The van der Waals surface area contributed by atoms with Gasteiger partial charge in [-0.3, -0.25) is 9.36 Å². The first-order valence-corrected chi connectivity index (χ1v) is 14.9. The van der Waals surface area contributed by atoms with Crippen LogP contribution in [0.4, 0.5) is 0 Å². The molecular weight excluding hydrogens is 564 g/mol. The van der Waals surface area contributed by atoms with E-state index in [4.69, 9.17) is 18.9 Å². The van der Waals surface area contributed by atoms with Gasteiger partial charge in [-0.2, -0.15) is 0 Å². The molecule has 9 heteroatoms. The summed E-state index contributed by atoms with van der Waals surface area (Å²) < 4.78 is 24.4. The fourth-order valence-electron chi connectivity index (χ4n) is 4.81. The number of carbonyl (C=O) groups excluding carboxylic acids is 1. The number of methoxy groups -OCH3 is 1. The predicted octanol–water partition coefficient (Wildman–Crippen LogP) is 5.17. The Morgan fingerprint density at radius 3 is 2.26 bits per heavy atom. The maximum Gasteiger partial charge on any atom is 0.338 e. The van der Waals surface area contributed by atoms with Gasteiger partial charge in [0.05, 0.1) is 41.7 Å². The summed E-state index contributed by atoms with van der Waals surface area (Å²) in [6.45, 7) is 8.09. The second kappa shape index (κ2) is 13.1. The average Bonchev–Trinajstić information content (AvgIpc) is 3.30. The van der Waals surface area contributed by atoms with E-state index in [9.17, 15) is 9.59 Å². The number of allylic oxidation sites excluding steroid dienone is 1. The predicted molar refractivity (Wildman–Crippen MR) is 166 cm³/mol. The number of esters is 1. The first-order valence-electron chi connectivity index (χ1n) is 14.1. The monoisotopic (exact) mass is 598 g/mol. The minimum absolute atomic E-state index is 0.0230. The molecule has 43 heavy (non-hydrogen) atoms. The van der Waals surface area contributed by atoms with Crippen molar-refractivity contribution in [1.82, 2.24) is 4.57 Å². The number of hydrogen-bond acceptors (Lipinski definition) is 8. The molecule has 5 rings (SSSR count). The van der Waals surface area contributed by atoms with Crippen LogP contribution in [-0.2, 0) is 16.1 Å². The van der Waals surface area contributed by atoms with E-state index >= 15 is 0 Å². The molecule has 1 aliphatic rings. The van der Waals surface area contributed by atoms with E-state index in [1.807, 2.05) is 92.7 Å². The molecule has 1 aliphatic heterocycles. The highest BCUT2D eigenvalue weighted by Crippen LogP contribution is 2.32. The van der Waals surface area contributed by atoms with Gasteiger partial charge in [-0.25, -0.2) is 9.79 Å². The van der Waals surface area contributed by atoms with Gasteiger partial charge in [0.25, 0.3) is 5.56 Å². The highest BCUT2D eigenvalue weighted by Gasteiger charge is 2.33. The molecule has 0 bridgehead atoms. The van der Waals surface area contributed by atoms with Crippen LogP contribution in [0.1, 0.15) is 50.4 Å². The maximum atomic E-state index is 13.9. The topological polar surface area (TPSA) is 88.4 Å². The van der Waals surface area contributed by atoms with Crippen LogP contribution in [0.2, 0.25) is 0 Å². The van der Waals surface area contributed by atoms with E-state index in [1.165, 1.54) is 11.3 Å². The van der Waals surface area contributed by atoms with E-state index < -0.39 is 12.0 Å². The number of carbonyl (C=O) groups is 1. The number of hydrogen-bond donors (Lipinski definition) is 0. The highest BCUT2D eigenvalue weighted by molar-refractivity contribution is 7.07. The Labute approximate surface area is 254 Å². The molecule has 0 N–H and O–H groups in total. The van der Waals surface area contributed by atoms with Crippen molar-refractivity contribution < 1.29 is 23.7 Å². The third kappa shape index (κ3) is 6.73. The van der Waals surface area contributed by atoms with Crippen molar-refractivity contribution in [2.75, 3.05) is 13.7 Å². The zero-order valence-electron chi connectivity index (χ0n) is 24.8. The molecule has 0 fully saturated rings. The Hall–Kier alpha value is -4.63.